The van der Waals surface area contributed by atoms with E-state index in [0.717, 1.165) is 24.3 Å². The molecule has 0 atom stereocenters. The molecule has 0 spiro atoms. The maximum absolute atomic E-state index is 9.27. The fourth-order valence-electron chi connectivity index (χ4n) is 3.36. The molecule has 1 aliphatic carbocycles. The molecule has 1 heterocycles. The van der Waals surface area contributed by atoms with Crippen molar-refractivity contribution in [3.8, 4) is 6.07 Å². The van der Waals surface area contributed by atoms with Gasteiger partial charge in [0.25, 0.3) is 0 Å². The van der Waals surface area contributed by atoms with Gasteiger partial charge in [-0.25, -0.2) is 4.98 Å². The minimum absolute atomic E-state index is 0.362. The minimum atomic E-state index is 0.362. The first-order valence-electron chi connectivity index (χ1n) is 8.94. The molecule has 0 unspecified atom stereocenters. The number of nitriles is 1. The summed E-state index contributed by atoms with van der Waals surface area (Å²) >= 11 is 0. The molecule has 24 heavy (non-hydrogen) atoms. The molecular formula is C20H25N3O. The summed E-state index contributed by atoms with van der Waals surface area (Å²) in [5.41, 5.74) is 2.76. The van der Waals surface area contributed by atoms with E-state index in [1.165, 1.54) is 37.7 Å². The lowest BCUT2D eigenvalue weighted by molar-refractivity contribution is 0.329. The molecule has 1 saturated carbocycles. The fourth-order valence-corrected chi connectivity index (χ4v) is 3.36. The van der Waals surface area contributed by atoms with Crippen molar-refractivity contribution in [2.75, 3.05) is 5.32 Å². The lowest BCUT2D eigenvalue weighted by atomic mass is 9.86. The summed E-state index contributed by atoms with van der Waals surface area (Å²) in [6, 6.07) is 10.5. The van der Waals surface area contributed by atoms with Crippen LogP contribution >= 0.6 is 0 Å². The van der Waals surface area contributed by atoms with Gasteiger partial charge in [-0.15, -0.1) is 0 Å². The number of aromatic nitrogens is 1. The van der Waals surface area contributed by atoms with E-state index in [1.807, 2.05) is 0 Å². The van der Waals surface area contributed by atoms with Crippen LogP contribution in [0.15, 0.2) is 28.7 Å². The Bertz CT molecular complexity index is 691. The minimum Gasteiger partial charge on any atom is -0.424 e. The summed E-state index contributed by atoms with van der Waals surface area (Å²) in [6.45, 7) is 2.70. The number of rotatable bonds is 6. The van der Waals surface area contributed by atoms with Crippen LogP contribution in [-0.2, 0) is 13.0 Å². The second-order valence-electron chi connectivity index (χ2n) is 6.78. The number of oxazole rings is 1. The molecule has 1 N–H and O–H groups in total. The highest BCUT2D eigenvalue weighted by atomic mass is 16.4. The van der Waals surface area contributed by atoms with E-state index in [2.05, 4.69) is 47.6 Å². The molecular weight excluding hydrogens is 298 g/mol. The average molecular weight is 323 g/mol. The van der Waals surface area contributed by atoms with E-state index in [1.54, 1.807) is 0 Å². The van der Waals surface area contributed by atoms with Crippen molar-refractivity contribution in [3.05, 3.63) is 47.0 Å². The Morgan fingerprint density at radius 1 is 1.21 bits per heavy atom. The maximum Gasteiger partial charge on any atom is 0.232 e. The fraction of sp³-hybridized carbons (Fsp3) is 0.500. The van der Waals surface area contributed by atoms with Gasteiger partial charge in [0.05, 0.1) is 0 Å². The number of hydrogen-bond acceptors (Lipinski definition) is 4. The summed E-state index contributed by atoms with van der Waals surface area (Å²) in [5, 5.41) is 12.5. The van der Waals surface area contributed by atoms with Gasteiger partial charge in [-0.3, -0.25) is 0 Å². The van der Waals surface area contributed by atoms with E-state index in [0.29, 0.717) is 24.0 Å². The second-order valence-corrected chi connectivity index (χ2v) is 6.78. The van der Waals surface area contributed by atoms with Gasteiger partial charge < -0.3 is 9.73 Å². The molecule has 4 heteroatoms. The number of benzene rings is 1. The molecule has 1 fully saturated rings. The SMILES string of the molecule is Cc1ccc(CNc2oc(CCC3CCCCC3)nc2C#N)cc1. The molecule has 0 bridgehead atoms. The molecule has 1 aromatic carbocycles. The van der Waals surface area contributed by atoms with E-state index in [-0.39, 0.29) is 0 Å². The van der Waals surface area contributed by atoms with Crippen LogP contribution in [0, 0.1) is 24.2 Å². The van der Waals surface area contributed by atoms with Crippen LogP contribution < -0.4 is 5.32 Å². The molecule has 0 aliphatic heterocycles. The topological polar surface area (TPSA) is 61.9 Å². The molecule has 4 nitrogen and oxygen atoms in total. The third-order valence-corrected chi connectivity index (χ3v) is 4.84. The highest BCUT2D eigenvalue weighted by molar-refractivity contribution is 5.45. The summed E-state index contributed by atoms with van der Waals surface area (Å²) in [6.07, 6.45) is 8.66. The van der Waals surface area contributed by atoms with Gasteiger partial charge in [-0.2, -0.15) is 5.26 Å². The lowest BCUT2D eigenvalue weighted by Crippen LogP contribution is -2.07. The monoisotopic (exact) mass is 323 g/mol. The molecule has 126 valence electrons. The van der Waals surface area contributed by atoms with E-state index < -0.39 is 0 Å². The molecule has 0 saturated heterocycles. The number of nitrogens with zero attached hydrogens (tertiary/aromatic N) is 2. The number of aryl methyl sites for hydroxylation is 2. The van der Waals surface area contributed by atoms with Gasteiger partial charge in [0.2, 0.25) is 11.6 Å². The van der Waals surface area contributed by atoms with Crippen LogP contribution in [0.2, 0.25) is 0 Å². The first-order valence-corrected chi connectivity index (χ1v) is 8.94. The number of hydrogen-bond donors (Lipinski definition) is 1. The van der Waals surface area contributed by atoms with Crippen molar-refractivity contribution in [2.45, 2.75) is 58.4 Å². The third kappa shape index (κ3) is 4.38. The Labute approximate surface area is 143 Å². The molecule has 1 aliphatic rings. The van der Waals surface area contributed by atoms with Crippen molar-refractivity contribution in [2.24, 2.45) is 5.92 Å². The summed E-state index contributed by atoms with van der Waals surface area (Å²) < 4.78 is 5.80. The zero-order chi connectivity index (χ0) is 16.8. The number of nitrogens with one attached hydrogen (secondary N) is 1. The second kappa shape index (κ2) is 8.01. The van der Waals surface area contributed by atoms with Crippen molar-refractivity contribution in [3.63, 3.8) is 0 Å². The Morgan fingerprint density at radius 3 is 2.67 bits per heavy atom. The van der Waals surface area contributed by atoms with Gasteiger partial charge in [0.1, 0.15) is 6.07 Å². The van der Waals surface area contributed by atoms with Crippen LogP contribution in [0.4, 0.5) is 5.88 Å². The summed E-state index contributed by atoms with van der Waals surface area (Å²) in [7, 11) is 0. The molecule has 3 rings (SSSR count). The van der Waals surface area contributed by atoms with E-state index >= 15 is 0 Å². The zero-order valence-corrected chi connectivity index (χ0v) is 14.3. The van der Waals surface area contributed by atoms with E-state index in [4.69, 9.17) is 4.42 Å². The van der Waals surface area contributed by atoms with Crippen molar-refractivity contribution >= 4 is 5.88 Å². The maximum atomic E-state index is 9.27. The highest BCUT2D eigenvalue weighted by Gasteiger charge is 2.17. The van der Waals surface area contributed by atoms with Gasteiger partial charge >= 0.3 is 0 Å². The van der Waals surface area contributed by atoms with Crippen molar-refractivity contribution in [1.29, 1.82) is 5.26 Å². The van der Waals surface area contributed by atoms with E-state index in [9.17, 15) is 5.26 Å². The van der Waals surface area contributed by atoms with Crippen LogP contribution in [0.5, 0.6) is 0 Å². The standard InChI is InChI=1S/C20H25N3O/c1-15-7-9-17(10-8-15)14-22-20-18(13-21)23-19(24-20)12-11-16-5-3-2-4-6-16/h7-10,16,22H,2-6,11-12,14H2,1H3. The van der Waals surface area contributed by atoms with Gasteiger partial charge in [-0.1, -0.05) is 61.9 Å². The normalized spacial score (nSPS) is 15.2. The van der Waals surface area contributed by atoms with Crippen molar-refractivity contribution in [1.82, 2.24) is 4.98 Å². The van der Waals surface area contributed by atoms with Crippen molar-refractivity contribution < 1.29 is 4.42 Å². The number of anilines is 1. The molecule has 1 aromatic heterocycles. The van der Waals surface area contributed by atoms with Gasteiger partial charge in [0, 0.05) is 13.0 Å². The average Bonchev–Trinajstić information content (AvgIpc) is 3.03. The molecule has 2 aromatic rings. The van der Waals surface area contributed by atoms with Crippen LogP contribution in [0.1, 0.15) is 61.2 Å². The van der Waals surface area contributed by atoms with Gasteiger partial charge in [-0.05, 0) is 24.8 Å². The first kappa shape index (κ1) is 16.6. The van der Waals surface area contributed by atoms with Crippen LogP contribution in [0.25, 0.3) is 0 Å². The smallest absolute Gasteiger partial charge is 0.232 e. The Hall–Kier alpha value is -2.28. The zero-order valence-electron chi connectivity index (χ0n) is 14.3. The Morgan fingerprint density at radius 2 is 1.96 bits per heavy atom. The Balaban J connectivity index is 1.57. The summed E-state index contributed by atoms with van der Waals surface area (Å²) in [5.74, 6) is 1.97. The summed E-state index contributed by atoms with van der Waals surface area (Å²) in [4.78, 5) is 4.35. The quantitative estimate of drug-likeness (QED) is 0.814. The first-order chi connectivity index (χ1) is 11.7. The van der Waals surface area contributed by atoms with Gasteiger partial charge in [0.15, 0.2) is 5.89 Å². The molecule has 0 radical (unpaired) electrons. The van der Waals surface area contributed by atoms with Crippen LogP contribution in [-0.4, -0.2) is 4.98 Å². The largest absolute Gasteiger partial charge is 0.424 e. The highest BCUT2D eigenvalue weighted by Crippen LogP contribution is 2.28. The third-order valence-electron chi connectivity index (χ3n) is 4.84. The predicted molar refractivity (Wildman–Crippen MR) is 94.6 cm³/mol. The predicted octanol–water partition coefficient (Wildman–Crippen LogP) is 4.98. The van der Waals surface area contributed by atoms with Crippen LogP contribution in [0.3, 0.4) is 0 Å². The lowest BCUT2D eigenvalue weighted by Gasteiger charge is -2.20. The molecule has 0 amide bonds. The Kier molecular flexibility index (Phi) is 5.53.